The normalized spacial score (nSPS) is 17.0. The van der Waals surface area contributed by atoms with Gasteiger partial charge in [-0.05, 0) is 26.0 Å². The van der Waals surface area contributed by atoms with Crippen molar-refractivity contribution in [1.29, 1.82) is 0 Å². The number of carbonyl (C=O) groups is 2. The van der Waals surface area contributed by atoms with Crippen LogP contribution in [-0.4, -0.2) is 41.5 Å². The Hall–Kier alpha value is -2.83. The summed E-state index contributed by atoms with van der Waals surface area (Å²) in [7, 11) is 1.73. The van der Waals surface area contributed by atoms with E-state index in [-0.39, 0.29) is 24.5 Å². The average Bonchev–Trinajstić information content (AvgIpc) is 3.07. The standard InChI is InChI=1S/C18H21N3O4/c1-11-15(12(2)25-20-11)10-24-16-7-5-4-6-14(16)18(23)19-13-8-17(22)21(3)9-13/h4-7,13H,8-10H2,1-3H3,(H,19,23)/t13-/m0/s1. The molecule has 1 aliphatic rings. The van der Waals surface area contributed by atoms with Gasteiger partial charge in [0.2, 0.25) is 5.91 Å². The molecule has 7 nitrogen and oxygen atoms in total. The number of hydrogen-bond donors (Lipinski definition) is 1. The Kier molecular flexibility index (Phi) is 4.74. The molecule has 1 aliphatic heterocycles. The van der Waals surface area contributed by atoms with Crippen molar-refractivity contribution in [2.75, 3.05) is 13.6 Å². The fourth-order valence-corrected chi connectivity index (χ4v) is 2.86. The van der Waals surface area contributed by atoms with Crippen LogP contribution in [0.1, 0.15) is 33.8 Å². The zero-order valence-electron chi connectivity index (χ0n) is 14.5. The predicted molar refractivity (Wildman–Crippen MR) is 90.3 cm³/mol. The summed E-state index contributed by atoms with van der Waals surface area (Å²) in [6, 6.07) is 6.87. The summed E-state index contributed by atoms with van der Waals surface area (Å²) in [6.45, 7) is 4.47. The van der Waals surface area contributed by atoms with Crippen LogP contribution < -0.4 is 10.1 Å². The van der Waals surface area contributed by atoms with Crippen molar-refractivity contribution in [3.05, 3.63) is 46.8 Å². The smallest absolute Gasteiger partial charge is 0.255 e. The topological polar surface area (TPSA) is 84.7 Å². The lowest BCUT2D eigenvalue weighted by Crippen LogP contribution is -2.36. The van der Waals surface area contributed by atoms with E-state index in [4.69, 9.17) is 9.26 Å². The van der Waals surface area contributed by atoms with Crippen LogP contribution in [0.15, 0.2) is 28.8 Å². The van der Waals surface area contributed by atoms with Gasteiger partial charge < -0.3 is 19.5 Å². The molecule has 0 saturated carbocycles. The lowest BCUT2D eigenvalue weighted by molar-refractivity contribution is -0.126. The monoisotopic (exact) mass is 343 g/mol. The second-order valence-corrected chi connectivity index (χ2v) is 6.24. The zero-order chi connectivity index (χ0) is 18.0. The van der Waals surface area contributed by atoms with Crippen molar-refractivity contribution in [1.82, 2.24) is 15.4 Å². The van der Waals surface area contributed by atoms with E-state index in [2.05, 4.69) is 10.5 Å². The van der Waals surface area contributed by atoms with Crippen molar-refractivity contribution in [2.45, 2.75) is 32.9 Å². The Morgan fingerprint density at radius 3 is 2.80 bits per heavy atom. The van der Waals surface area contributed by atoms with Crippen LogP contribution in [0.2, 0.25) is 0 Å². The number of rotatable bonds is 5. The highest BCUT2D eigenvalue weighted by molar-refractivity contribution is 5.97. The molecular weight excluding hydrogens is 322 g/mol. The van der Waals surface area contributed by atoms with E-state index >= 15 is 0 Å². The molecule has 1 N–H and O–H groups in total. The van der Waals surface area contributed by atoms with E-state index in [1.165, 1.54) is 0 Å². The minimum atomic E-state index is -0.248. The summed E-state index contributed by atoms with van der Waals surface area (Å²) in [5.74, 6) is 0.973. The first-order valence-corrected chi connectivity index (χ1v) is 8.14. The molecule has 0 radical (unpaired) electrons. The number of para-hydroxylation sites is 1. The first-order valence-electron chi connectivity index (χ1n) is 8.14. The minimum Gasteiger partial charge on any atom is -0.488 e. The highest BCUT2D eigenvalue weighted by Crippen LogP contribution is 2.22. The van der Waals surface area contributed by atoms with Gasteiger partial charge in [0.05, 0.1) is 22.9 Å². The van der Waals surface area contributed by atoms with E-state index < -0.39 is 0 Å². The summed E-state index contributed by atoms with van der Waals surface area (Å²) in [6.07, 6.45) is 0.324. The molecule has 132 valence electrons. The maximum absolute atomic E-state index is 12.6. The van der Waals surface area contributed by atoms with Crippen LogP contribution in [0.5, 0.6) is 5.75 Å². The number of nitrogens with zero attached hydrogens (tertiary/aromatic N) is 2. The molecule has 0 unspecified atom stereocenters. The molecule has 25 heavy (non-hydrogen) atoms. The lowest BCUT2D eigenvalue weighted by atomic mass is 10.1. The van der Waals surface area contributed by atoms with Crippen LogP contribution in [0.25, 0.3) is 0 Å². The Labute approximate surface area is 145 Å². The van der Waals surface area contributed by atoms with E-state index in [1.54, 1.807) is 30.1 Å². The summed E-state index contributed by atoms with van der Waals surface area (Å²) < 4.78 is 11.0. The number of amides is 2. The van der Waals surface area contributed by atoms with E-state index in [1.807, 2.05) is 19.9 Å². The minimum absolute atomic E-state index is 0.0354. The highest BCUT2D eigenvalue weighted by atomic mass is 16.5. The van der Waals surface area contributed by atoms with Crippen molar-refractivity contribution < 1.29 is 18.8 Å². The number of carbonyl (C=O) groups excluding carboxylic acids is 2. The number of benzene rings is 1. The largest absolute Gasteiger partial charge is 0.488 e. The van der Waals surface area contributed by atoms with Crippen LogP contribution in [0.4, 0.5) is 0 Å². The highest BCUT2D eigenvalue weighted by Gasteiger charge is 2.28. The quantitative estimate of drug-likeness (QED) is 0.895. The van der Waals surface area contributed by atoms with Crippen molar-refractivity contribution in [3.8, 4) is 5.75 Å². The Morgan fingerprint density at radius 1 is 1.40 bits per heavy atom. The molecule has 0 spiro atoms. The van der Waals surface area contributed by atoms with Crippen molar-refractivity contribution in [3.63, 3.8) is 0 Å². The summed E-state index contributed by atoms with van der Waals surface area (Å²) in [4.78, 5) is 25.8. The van der Waals surface area contributed by atoms with Gasteiger partial charge in [-0.25, -0.2) is 0 Å². The van der Waals surface area contributed by atoms with E-state index in [9.17, 15) is 9.59 Å². The van der Waals surface area contributed by atoms with Crippen LogP contribution in [0.3, 0.4) is 0 Å². The van der Waals surface area contributed by atoms with Crippen LogP contribution in [0, 0.1) is 13.8 Å². The fraction of sp³-hybridized carbons (Fsp3) is 0.389. The van der Waals surface area contributed by atoms with Gasteiger partial charge in [0.25, 0.3) is 5.91 Å². The van der Waals surface area contributed by atoms with Gasteiger partial charge in [-0.3, -0.25) is 9.59 Å². The second kappa shape index (κ2) is 6.96. The van der Waals surface area contributed by atoms with Gasteiger partial charge in [0.15, 0.2) is 0 Å². The van der Waals surface area contributed by atoms with Gasteiger partial charge in [-0.2, -0.15) is 0 Å². The Balaban J connectivity index is 1.70. The summed E-state index contributed by atoms with van der Waals surface area (Å²) in [5.41, 5.74) is 2.08. The lowest BCUT2D eigenvalue weighted by Gasteiger charge is -2.15. The second-order valence-electron chi connectivity index (χ2n) is 6.24. The van der Waals surface area contributed by atoms with Gasteiger partial charge in [0.1, 0.15) is 18.1 Å². The number of aromatic nitrogens is 1. The van der Waals surface area contributed by atoms with Gasteiger partial charge in [-0.1, -0.05) is 17.3 Å². The molecule has 1 atom stereocenters. The van der Waals surface area contributed by atoms with Gasteiger partial charge >= 0.3 is 0 Å². The van der Waals surface area contributed by atoms with Crippen molar-refractivity contribution in [2.24, 2.45) is 0 Å². The molecule has 3 rings (SSSR count). The zero-order valence-corrected chi connectivity index (χ0v) is 14.5. The average molecular weight is 343 g/mol. The summed E-state index contributed by atoms with van der Waals surface area (Å²) in [5, 5.41) is 6.80. The molecule has 1 aromatic carbocycles. The number of likely N-dealkylation sites (N-methyl/N-ethyl adjacent to an activating group) is 1. The van der Waals surface area contributed by atoms with Gasteiger partial charge in [0, 0.05) is 20.0 Å². The molecule has 0 aliphatic carbocycles. The predicted octanol–water partition coefficient (Wildman–Crippen LogP) is 1.83. The van der Waals surface area contributed by atoms with E-state index in [0.29, 0.717) is 30.0 Å². The summed E-state index contributed by atoms with van der Waals surface area (Å²) >= 11 is 0. The molecule has 2 heterocycles. The van der Waals surface area contributed by atoms with Crippen molar-refractivity contribution >= 4 is 11.8 Å². The molecular formula is C18H21N3O4. The Bertz CT molecular complexity index is 780. The van der Waals surface area contributed by atoms with Crippen LogP contribution in [-0.2, 0) is 11.4 Å². The first-order chi connectivity index (χ1) is 12.0. The molecule has 2 amide bonds. The van der Waals surface area contributed by atoms with Gasteiger partial charge in [-0.15, -0.1) is 0 Å². The third kappa shape index (κ3) is 3.65. The molecule has 2 aromatic rings. The number of nitrogens with one attached hydrogen (secondary N) is 1. The SMILES string of the molecule is Cc1noc(C)c1COc1ccccc1C(=O)N[C@H]1CC(=O)N(C)C1. The fourth-order valence-electron chi connectivity index (χ4n) is 2.86. The molecule has 0 bridgehead atoms. The first kappa shape index (κ1) is 17.0. The number of ether oxygens (including phenoxy) is 1. The van der Waals surface area contributed by atoms with E-state index in [0.717, 1.165) is 11.3 Å². The number of aryl methyl sites for hydroxylation is 2. The number of hydrogen-bond acceptors (Lipinski definition) is 5. The maximum Gasteiger partial charge on any atom is 0.255 e. The third-order valence-electron chi connectivity index (χ3n) is 4.36. The Morgan fingerprint density at radius 2 is 2.16 bits per heavy atom. The molecule has 7 heteroatoms. The number of likely N-dealkylation sites (tertiary alicyclic amines) is 1. The maximum atomic E-state index is 12.6. The molecule has 1 aromatic heterocycles. The molecule has 1 fully saturated rings. The third-order valence-corrected chi connectivity index (χ3v) is 4.36. The molecule has 1 saturated heterocycles. The van der Waals surface area contributed by atoms with Crippen LogP contribution >= 0.6 is 0 Å².